The van der Waals surface area contributed by atoms with Crippen LogP contribution in [0.25, 0.3) is 65.6 Å². The summed E-state index contributed by atoms with van der Waals surface area (Å²) in [6, 6.07) is 42.7. The lowest BCUT2D eigenvalue weighted by Crippen LogP contribution is -1.92. The van der Waals surface area contributed by atoms with Gasteiger partial charge in [-0.15, -0.1) is 0 Å². The van der Waals surface area contributed by atoms with Crippen LogP contribution in [-0.4, -0.2) is 4.98 Å². The first-order valence-electron chi connectivity index (χ1n) is 12.5. The molecule has 6 aromatic carbocycles. The molecule has 0 amide bonds. The van der Waals surface area contributed by atoms with Crippen molar-refractivity contribution in [3.8, 4) is 28.3 Å². The van der Waals surface area contributed by atoms with E-state index in [4.69, 9.17) is 4.98 Å². The van der Waals surface area contributed by atoms with Crippen molar-refractivity contribution in [1.82, 2.24) is 4.98 Å². The van der Waals surface area contributed by atoms with E-state index in [0.29, 0.717) is 5.56 Å². The number of pyridine rings is 1. The molecule has 0 spiro atoms. The topological polar surface area (TPSA) is 36.7 Å². The zero-order valence-electron chi connectivity index (χ0n) is 20.4. The van der Waals surface area contributed by atoms with Gasteiger partial charge in [-0.1, -0.05) is 111 Å². The summed E-state index contributed by atoms with van der Waals surface area (Å²) in [6.07, 6.45) is 0. The van der Waals surface area contributed by atoms with Gasteiger partial charge in [0.15, 0.2) is 0 Å². The lowest BCUT2D eigenvalue weighted by atomic mass is 9.91. The Morgan fingerprint density at radius 3 is 1.68 bits per heavy atom. The van der Waals surface area contributed by atoms with E-state index < -0.39 is 0 Å². The van der Waals surface area contributed by atoms with Gasteiger partial charge in [0.1, 0.15) is 0 Å². The molecule has 0 N–H and O–H groups in total. The number of nitriles is 1. The largest absolute Gasteiger partial charge is 0.246 e. The number of rotatable bonds is 2. The molecule has 0 saturated carbocycles. The zero-order valence-corrected chi connectivity index (χ0v) is 20.4. The zero-order chi connectivity index (χ0) is 24.9. The Labute approximate surface area is 222 Å². The Bertz CT molecular complexity index is 1950. The van der Waals surface area contributed by atoms with E-state index >= 15 is 0 Å². The first-order valence-corrected chi connectivity index (χ1v) is 12.5. The van der Waals surface area contributed by atoms with Crippen LogP contribution >= 0.6 is 0 Å². The maximum Gasteiger partial charge on any atom is 0.0991 e. The molecule has 0 aliphatic heterocycles. The highest BCUT2D eigenvalue weighted by Crippen LogP contribution is 2.40. The van der Waals surface area contributed by atoms with Crippen molar-refractivity contribution in [2.75, 3.05) is 0 Å². The van der Waals surface area contributed by atoms with Crippen molar-refractivity contribution in [3.05, 3.63) is 126 Å². The summed E-state index contributed by atoms with van der Waals surface area (Å²) in [5.74, 6) is 0. The smallest absolute Gasteiger partial charge is 0.0991 e. The molecule has 0 atom stereocenters. The Kier molecular flexibility index (Phi) is 5.63. The molecule has 1 aromatic heterocycles. The molecule has 7 rings (SSSR count). The van der Waals surface area contributed by atoms with Crippen LogP contribution in [0.5, 0.6) is 0 Å². The average molecular weight is 487 g/mol. The Morgan fingerprint density at radius 2 is 1.13 bits per heavy atom. The highest BCUT2D eigenvalue weighted by atomic mass is 14.7. The minimum absolute atomic E-state index is 0. The predicted octanol–water partition coefficient (Wildman–Crippen LogP) is 9.84. The predicted molar refractivity (Wildman–Crippen MR) is 161 cm³/mol. The van der Waals surface area contributed by atoms with Gasteiger partial charge >= 0.3 is 0 Å². The van der Waals surface area contributed by atoms with Crippen LogP contribution in [0.2, 0.25) is 0 Å². The summed E-state index contributed by atoms with van der Waals surface area (Å²) < 4.78 is 0. The second kappa shape index (κ2) is 9.14. The summed E-state index contributed by atoms with van der Waals surface area (Å²) in [5.41, 5.74) is 8.51. The fourth-order valence-corrected chi connectivity index (χ4v) is 5.60. The number of aromatic nitrogens is 1. The number of aryl methyl sites for hydroxylation is 1. The SMILES string of the molecule is C.Cc1cc(C#N)ccc1-c1ccc(-c2c3ccc4ccccc4c3nc3c2ccc2ccccc23)cc1. The molecule has 0 unspecified atom stereocenters. The van der Waals surface area contributed by atoms with Gasteiger partial charge < -0.3 is 0 Å². The van der Waals surface area contributed by atoms with Gasteiger partial charge in [-0.05, 0) is 52.1 Å². The van der Waals surface area contributed by atoms with Crippen LogP contribution in [0.15, 0.2) is 115 Å². The van der Waals surface area contributed by atoms with E-state index in [1.54, 1.807) is 0 Å². The van der Waals surface area contributed by atoms with Crippen molar-refractivity contribution >= 4 is 43.4 Å². The van der Waals surface area contributed by atoms with E-state index in [-0.39, 0.29) is 7.43 Å². The van der Waals surface area contributed by atoms with Crippen LogP contribution < -0.4 is 0 Å². The third kappa shape index (κ3) is 3.60. The summed E-state index contributed by atoms with van der Waals surface area (Å²) in [6.45, 7) is 2.06. The van der Waals surface area contributed by atoms with Gasteiger partial charge in [0.05, 0.1) is 22.7 Å². The van der Waals surface area contributed by atoms with Crippen molar-refractivity contribution in [1.29, 1.82) is 5.26 Å². The van der Waals surface area contributed by atoms with Gasteiger partial charge in [-0.25, -0.2) is 4.98 Å². The second-order valence-electron chi connectivity index (χ2n) is 9.57. The van der Waals surface area contributed by atoms with Gasteiger partial charge in [0.2, 0.25) is 0 Å². The third-order valence-corrected chi connectivity index (χ3v) is 7.40. The second-order valence-corrected chi connectivity index (χ2v) is 9.57. The highest BCUT2D eigenvalue weighted by molar-refractivity contribution is 6.21. The minimum atomic E-state index is 0. The van der Waals surface area contributed by atoms with Crippen LogP contribution in [0.3, 0.4) is 0 Å². The Balaban J connectivity index is 0.00000264. The minimum Gasteiger partial charge on any atom is -0.246 e. The van der Waals surface area contributed by atoms with Crippen molar-refractivity contribution in [2.24, 2.45) is 0 Å². The quantitative estimate of drug-likeness (QED) is 0.180. The molecule has 0 aliphatic rings. The van der Waals surface area contributed by atoms with Crippen LogP contribution in [0, 0.1) is 18.3 Å². The fourth-order valence-electron chi connectivity index (χ4n) is 5.60. The molecular formula is C36H26N2. The summed E-state index contributed by atoms with van der Waals surface area (Å²) >= 11 is 0. The average Bonchev–Trinajstić information content (AvgIpc) is 2.96. The van der Waals surface area contributed by atoms with Gasteiger partial charge in [-0.2, -0.15) is 5.26 Å². The molecule has 0 aliphatic carbocycles. The van der Waals surface area contributed by atoms with Crippen molar-refractivity contribution in [3.63, 3.8) is 0 Å². The fraction of sp³-hybridized carbons (Fsp3) is 0.0556. The molecule has 7 aromatic rings. The van der Waals surface area contributed by atoms with Crippen LogP contribution in [0.4, 0.5) is 0 Å². The van der Waals surface area contributed by atoms with Crippen LogP contribution in [-0.2, 0) is 0 Å². The van der Waals surface area contributed by atoms with E-state index in [1.807, 2.05) is 18.2 Å². The lowest BCUT2D eigenvalue weighted by Gasteiger charge is -2.15. The molecule has 38 heavy (non-hydrogen) atoms. The molecule has 2 nitrogen and oxygen atoms in total. The summed E-state index contributed by atoms with van der Waals surface area (Å²) in [7, 11) is 0. The number of nitrogens with zero attached hydrogens (tertiary/aromatic N) is 2. The summed E-state index contributed by atoms with van der Waals surface area (Å²) in [4.78, 5) is 5.29. The first-order chi connectivity index (χ1) is 18.2. The molecule has 0 radical (unpaired) electrons. The molecular weight excluding hydrogens is 460 g/mol. The van der Waals surface area contributed by atoms with E-state index in [0.717, 1.165) is 44.1 Å². The lowest BCUT2D eigenvalue weighted by molar-refractivity contribution is 1.41. The summed E-state index contributed by atoms with van der Waals surface area (Å²) in [5, 5.41) is 16.3. The number of hydrogen-bond donors (Lipinski definition) is 0. The monoisotopic (exact) mass is 486 g/mol. The molecule has 0 saturated heterocycles. The van der Waals surface area contributed by atoms with Crippen LogP contribution in [0.1, 0.15) is 18.6 Å². The van der Waals surface area contributed by atoms with E-state index in [9.17, 15) is 5.26 Å². The molecule has 0 fully saturated rings. The maximum absolute atomic E-state index is 9.24. The van der Waals surface area contributed by atoms with Gasteiger partial charge in [-0.3, -0.25) is 0 Å². The first kappa shape index (κ1) is 23.4. The maximum atomic E-state index is 9.24. The number of benzene rings is 6. The van der Waals surface area contributed by atoms with E-state index in [1.165, 1.54) is 27.1 Å². The number of fused-ring (bicyclic) bond motifs is 6. The third-order valence-electron chi connectivity index (χ3n) is 7.40. The molecule has 0 bridgehead atoms. The van der Waals surface area contributed by atoms with E-state index in [2.05, 4.69) is 110 Å². The highest BCUT2D eigenvalue weighted by Gasteiger charge is 2.15. The normalized spacial score (nSPS) is 11.1. The standard InChI is InChI=1S/C35H22N2.CH4/c1-22-20-23(21-36)10-17-28(22)26-11-13-27(14-12-26)33-31-18-15-24-6-2-4-8-29(24)34(31)37-35-30-9-5-3-7-25(30)16-19-32(33)35;/h2-20H,1H3;1H4. The Hall–Kier alpha value is -5.00. The Morgan fingerprint density at radius 1 is 0.579 bits per heavy atom. The van der Waals surface area contributed by atoms with Crippen molar-refractivity contribution in [2.45, 2.75) is 14.4 Å². The molecule has 180 valence electrons. The molecule has 2 heteroatoms. The van der Waals surface area contributed by atoms with Gasteiger partial charge in [0, 0.05) is 27.1 Å². The number of hydrogen-bond acceptors (Lipinski definition) is 2. The molecule has 1 heterocycles. The van der Waals surface area contributed by atoms with Gasteiger partial charge in [0.25, 0.3) is 0 Å². The van der Waals surface area contributed by atoms with Crippen molar-refractivity contribution < 1.29 is 0 Å².